The van der Waals surface area contributed by atoms with Crippen LogP contribution < -0.4 is 19.5 Å². The summed E-state index contributed by atoms with van der Waals surface area (Å²) >= 11 is 0. The number of benzene rings is 1. The lowest BCUT2D eigenvalue weighted by atomic mass is 9.84. The molecule has 1 aromatic carbocycles. The second-order valence-electron chi connectivity index (χ2n) is 6.14. The summed E-state index contributed by atoms with van der Waals surface area (Å²) in [6.07, 6.45) is 6.08. The van der Waals surface area contributed by atoms with E-state index in [1.165, 1.54) is 27.4 Å². The Labute approximate surface area is 152 Å². The number of hydrogen-bond donors (Lipinski definition) is 2. The summed E-state index contributed by atoms with van der Waals surface area (Å²) in [7, 11) is 4.56. The lowest BCUT2D eigenvalue weighted by molar-refractivity contribution is -0.144. The predicted octanol–water partition coefficient (Wildman–Crippen LogP) is 2.49. The smallest absolute Gasteiger partial charge is 0.308 e. The van der Waals surface area contributed by atoms with E-state index in [1.807, 2.05) is 0 Å². The van der Waals surface area contributed by atoms with Crippen LogP contribution in [0.1, 0.15) is 31.2 Å². The third-order valence-corrected chi connectivity index (χ3v) is 4.53. The number of ether oxygens (including phenoxy) is 3. The first kappa shape index (κ1) is 19.6. The highest BCUT2D eigenvalue weighted by atomic mass is 16.5. The Morgan fingerprint density at radius 3 is 2.23 bits per heavy atom. The molecular weight excluding hydrogens is 338 g/mol. The van der Waals surface area contributed by atoms with E-state index in [2.05, 4.69) is 5.32 Å². The van der Waals surface area contributed by atoms with E-state index in [0.29, 0.717) is 35.7 Å². The Balaban J connectivity index is 2.11. The topological polar surface area (TPSA) is 94.1 Å². The van der Waals surface area contributed by atoms with Gasteiger partial charge in [0.05, 0.1) is 27.2 Å². The molecule has 0 bridgehead atoms. The van der Waals surface area contributed by atoms with Gasteiger partial charge in [-0.3, -0.25) is 9.59 Å². The lowest BCUT2D eigenvalue weighted by Gasteiger charge is -2.28. The van der Waals surface area contributed by atoms with Gasteiger partial charge >= 0.3 is 5.97 Å². The maximum absolute atomic E-state index is 12.2. The fourth-order valence-electron chi connectivity index (χ4n) is 3.20. The molecule has 0 aliphatic heterocycles. The minimum absolute atomic E-state index is 0.322. The van der Waals surface area contributed by atoms with Crippen molar-refractivity contribution in [2.24, 2.45) is 5.92 Å². The van der Waals surface area contributed by atoms with Crippen LogP contribution >= 0.6 is 0 Å². The van der Waals surface area contributed by atoms with Crippen molar-refractivity contribution in [3.8, 4) is 17.2 Å². The van der Waals surface area contributed by atoms with Crippen LogP contribution in [0.4, 0.5) is 0 Å². The van der Waals surface area contributed by atoms with Crippen molar-refractivity contribution >= 4 is 18.0 Å². The van der Waals surface area contributed by atoms with Gasteiger partial charge in [-0.15, -0.1) is 0 Å². The number of carboxylic acids is 1. The fourth-order valence-corrected chi connectivity index (χ4v) is 3.20. The molecule has 2 N–H and O–H groups in total. The van der Waals surface area contributed by atoms with Crippen LogP contribution in [0.5, 0.6) is 17.2 Å². The van der Waals surface area contributed by atoms with Gasteiger partial charge in [-0.25, -0.2) is 0 Å². The molecule has 1 amide bonds. The minimum atomic E-state index is -0.858. The Bertz CT molecular complexity index is 660. The number of aliphatic carboxylic acids is 1. The second-order valence-corrected chi connectivity index (χ2v) is 6.14. The standard InChI is InChI=1S/C19H25NO6/c1-24-15-10-12(11-16(25-2)18(15)26-3)8-9-17(21)20-14-7-5-4-6-13(14)19(22)23/h8-11,13-14H,4-7H2,1-3H3,(H,20,21)(H,22,23). The van der Waals surface area contributed by atoms with Crippen LogP contribution in [-0.4, -0.2) is 44.4 Å². The van der Waals surface area contributed by atoms with Gasteiger partial charge < -0.3 is 24.6 Å². The van der Waals surface area contributed by atoms with E-state index in [9.17, 15) is 14.7 Å². The molecule has 1 aromatic rings. The lowest BCUT2D eigenvalue weighted by Crippen LogP contribution is -2.44. The van der Waals surface area contributed by atoms with Gasteiger partial charge in [0.1, 0.15) is 0 Å². The summed E-state index contributed by atoms with van der Waals surface area (Å²) in [6, 6.07) is 3.12. The van der Waals surface area contributed by atoms with E-state index in [4.69, 9.17) is 14.2 Å². The molecule has 1 saturated carbocycles. The number of rotatable bonds is 7. The summed E-state index contributed by atoms with van der Waals surface area (Å²) in [5.41, 5.74) is 0.702. The number of amides is 1. The van der Waals surface area contributed by atoms with Crippen molar-refractivity contribution in [2.75, 3.05) is 21.3 Å². The zero-order valence-electron chi connectivity index (χ0n) is 15.3. The zero-order valence-corrected chi connectivity index (χ0v) is 15.3. The Kier molecular flexibility index (Phi) is 6.89. The largest absolute Gasteiger partial charge is 0.493 e. The van der Waals surface area contributed by atoms with Gasteiger partial charge in [-0.2, -0.15) is 0 Å². The molecule has 1 aliphatic carbocycles. The Hall–Kier alpha value is -2.70. The number of methoxy groups -OCH3 is 3. The molecule has 2 atom stereocenters. The highest BCUT2D eigenvalue weighted by Crippen LogP contribution is 2.38. The van der Waals surface area contributed by atoms with Crippen molar-refractivity contribution in [1.82, 2.24) is 5.32 Å². The molecule has 7 nitrogen and oxygen atoms in total. The molecular formula is C19H25NO6. The summed E-state index contributed by atoms with van der Waals surface area (Å²) in [5.74, 6) is -0.249. The molecule has 0 saturated heterocycles. The van der Waals surface area contributed by atoms with Crippen LogP contribution in [0.3, 0.4) is 0 Å². The normalized spacial score (nSPS) is 19.8. The molecule has 0 heterocycles. The van der Waals surface area contributed by atoms with Gasteiger partial charge in [0.25, 0.3) is 0 Å². The Morgan fingerprint density at radius 2 is 1.69 bits per heavy atom. The molecule has 7 heteroatoms. The minimum Gasteiger partial charge on any atom is -0.493 e. The third-order valence-electron chi connectivity index (χ3n) is 4.53. The molecule has 1 fully saturated rings. The zero-order chi connectivity index (χ0) is 19.1. The third kappa shape index (κ3) is 4.68. The molecule has 0 radical (unpaired) electrons. The number of carbonyl (C=O) groups is 2. The number of hydrogen-bond acceptors (Lipinski definition) is 5. The van der Waals surface area contributed by atoms with Gasteiger partial charge in [0.15, 0.2) is 11.5 Å². The quantitative estimate of drug-likeness (QED) is 0.723. The Morgan fingerprint density at radius 1 is 1.08 bits per heavy atom. The second kappa shape index (κ2) is 9.12. The first-order valence-corrected chi connectivity index (χ1v) is 8.51. The molecule has 26 heavy (non-hydrogen) atoms. The monoisotopic (exact) mass is 363 g/mol. The van der Waals surface area contributed by atoms with Crippen molar-refractivity contribution in [1.29, 1.82) is 0 Å². The van der Waals surface area contributed by atoms with E-state index < -0.39 is 11.9 Å². The van der Waals surface area contributed by atoms with Crippen LogP contribution in [0.15, 0.2) is 18.2 Å². The van der Waals surface area contributed by atoms with Gasteiger partial charge in [0.2, 0.25) is 11.7 Å². The SMILES string of the molecule is COc1cc(C=CC(=O)NC2CCCCC2C(=O)O)cc(OC)c1OC. The summed E-state index contributed by atoms with van der Waals surface area (Å²) < 4.78 is 15.8. The van der Waals surface area contributed by atoms with Crippen molar-refractivity contribution in [3.63, 3.8) is 0 Å². The van der Waals surface area contributed by atoms with Crippen LogP contribution in [-0.2, 0) is 9.59 Å². The van der Waals surface area contributed by atoms with Crippen molar-refractivity contribution in [2.45, 2.75) is 31.7 Å². The number of carboxylic acid groups (broad SMARTS) is 1. The number of nitrogens with one attached hydrogen (secondary N) is 1. The maximum atomic E-state index is 12.2. The molecule has 2 unspecified atom stereocenters. The highest BCUT2D eigenvalue weighted by Gasteiger charge is 2.31. The summed E-state index contributed by atoms with van der Waals surface area (Å²) in [5, 5.41) is 12.1. The molecule has 1 aliphatic rings. The first-order chi connectivity index (χ1) is 12.5. The van der Waals surface area contributed by atoms with Gasteiger partial charge in [-0.05, 0) is 36.6 Å². The van der Waals surface area contributed by atoms with E-state index in [-0.39, 0.29) is 11.9 Å². The molecule has 142 valence electrons. The van der Waals surface area contributed by atoms with Crippen molar-refractivity contribution in [3.05, 3.63) is 23.8 Å². The average Bonchev–Trinajstić information content (AvgIpc) is 2.65. The van der Waals surface area contributed by atoms with Crippen LogP contribution in [0, 0.1) is 5.92 Å². The van der Waals surface area contributed by atoms with E-state index in [0.717, 1.165) is 12.8 Å². The van der Waals surface area contributed by atoms with Crippen molar-refractivity contribution < 1.29 is 28.9 Å². The van der Waals surface area contributed by atoms with Gasteiger partial charge in [0, 0.05) is 12.1 Å². The van der Waals surface area contributed by atoms with E-state index >= 15 is 0 Å². The first-order valence-electron chi connectivity index (χ1n) is 8.51. The summed E-state index contributed by atoms with van der Waals surface area (Å²) in [6.45, 7) is 0. The summed E-state index contributed by atoms with van der Waals surface area (Å²) in [4.78, 5) is 23.5. The van der Waals surface area contributed by atoms with Crippen LogP contribution in [0.2, 0.25) is 0 Å². The predicted molar refractivity (Wildman–Crippen MR) is 96.7 cm³/mol. The molecule has 2 rings (SSSR count). The van der Waals surface area contributed by atoms with E-state index in [1.54, 1.807) is 18.2 Å². The number of carbonyl (C=O) groups excluding carboxylic acids is 1. The highest BCUT2D eigenvalue weighted by molar-refractivity contribution is 5.92. The molecule has 0 spiro atoms. The molecule has 0 aromatic heterocycles. The van der Waals surface area contributed by atoms with Crippen LogP contribution in [0.25, 0.3) is 6.08 Å². The maximum Gasteiger partial charge on any atom is 0.308 e. The van der Waals surface area contributed by atoms with Gasteiger partial charge in [-0.1, -0.05) is 12.8 Å². The average molecular weight is 363 g/mol. The fraction of sp³-hybridized carbons (Fsp3) is 0.474.